The van der Waals surface area contributed by atoms with Crippen LogP contribution in [0, 0.1) is 0 Å². The molecule has 3 atom stereocenters. The van der Waals surface area contributed by atoms with Crippen molar-refractivity contribution in [2.45, 2.75) is 44.1 Å². The van der Waals surface area contributed by atoms with Crippen LogP contribution < -0.4 is 0 Å². The Morgan fingerprint density at radius 1 is 1.42 bits per heavy atom. The van der Waals surface area contributed by atoms with Crippen LogP contribution in [-0.2, 0) is 9.53 Å². The van der Waals surface area contributed by atoms with Gasteiger partial charge in [0.1, 0.15) is 11.8 Å². The van der Waals surface area contributed by atoms with Crippen LogP contribution in [0.25, 0.3) is 0 Å². The molecule has 2 aliphatic rings. The number of nitrogens with zero attached hydrogens (tertiary/aromatic N) is 1. The average Bonchev–Trinajstić information content (AvgIpc) is 2.74. The predicted octanol–water partition coefficient (Wildman–Crippen LogP) is 1.85. The van der Waals surface area contributed by atoms with Crippen molar-refractivity contribution >= 4 is 5.91 Å². The molecule has 102 valence electrons. The van der Waals surface area contributed by atoms with Crippen LogP contribution in [0.1, 0.15) is 37.9 Å². The number of amides is 1. The molecule has 1 amide bonds. The number of aliphatic hydroxyl groups is 1. The number of fused-ring (bicyclic) bond motifs is 1. The molecule has 19 heavy (non-hydrogen) atoms. The SMILES string of the molecule is C[C@@]12CCCC(=O)N1C(CO)C(c1ccccc1)O2. The van der Waals surface area contributed by atoms with Crippen LogP contribution in [0.15, 0.2) is 30.3 Å². The predicted molar refractivity (Wildman–Crippen MR) is 70.2 cm³/mol. The largest absolute Gasteiger partial charge is 0.394 e. The van der Waals surface area contributed by atoms with E-state index in [2.05, 4.69) is 0 Å². The first-order valence-electron chi connectivity index (χ1n) is 6.81. The Kier molecular flexibility index (Phi) is 3.07. The van der Waals surface area contributed by atoms with Crippen molar-refractivity contribution in [3.8, 4) is 0 Å². The van der Waals surface area contributed by atoms with Crippen LogP contribution in [0.2, 0.25) is 0 Å². The lowest BCUT2D eigenvalue weighted by molar-refractivity contribution is -0.159. The van der Waals surface area contributed by atoms with E-state index < -0.39 is 5.72 Å². The zero-order valence-electron chi connectivity index (χ0n) is 11.1. The molecule has 0 aromatic heterocycles. The van der Waals surface area contributed by atoms with Crippen molar-refractivity contribution in [2.24, 2.45) is 0 Å². The summed E-state index contributed by atoms with van der Waals surface area (Å²) in [5, 5.41) is 9.70. The lowest BCUT2D eigenvalue weighted by atomic mass is 9.97. The molecule has 2 unspecified atom stereocenters. The second-order valence-electron chi connectivity index (χ2n) is 5.49. The number of ether oxygens (including phenoxy) is 1. The minimum atomic E-state index is -0.566. The number of carbonyl (C=O) groups excluding carboxylic acids is 1. The van der Waals surface area contributed by atoms with Gasteiger partial charge in [0.05, 0.1) is 12.6 Å². The molecule has 1 N–H and O–H groups in total. The fourth-order valence-corrected chi connectivity index (χ4v) is 3.32. The van der Waals surface area contributed by atoms with Crippen LogP contribution in [0.5, 0.6) is 0 Å². The Labute approximate surface area is 113 Å². The van der Waals surface area contributed by atoms with Crippen LogP contribution in [-0.4, -0.2) is 34.3 Å². The van der Waals surface area contributed by atoms with E-state index in [0.717, 1.165) is 18.4 Å². The highest BCUT2D eigenvalue weighted by Crippen LogP contribution is 2.45. The summed E-state index contributed by atoms with van der Waals surface area (Å²) in [5.41, 5.74) is 0.452. The van der Waals surface area contributed by atoms with Crippen molar-refractivity contribution in [3.05, 3.63) is 35.9 Å². The lowest BCUT2D eigenvalue weighted by Gasteiger charge is -2.39. The maximum atomic E-state index is 12.2. The van der Waals surface area contributed by atoms with Gasteiger partial charge in [-0.05, 0) is 25.3 Å². The van der Waals surface area contributed by atoms with Crippen molar-refractivity contribution < 1.29 is 14.6 Å². The van der Waals surface area contributed by atoms with E-state index in [0.29, 0.717) is 6.42 Å². The van der Waals surface area contributed by atoms with E-state index >= 15 is 0 Å². The minimum Gasteiger partial charge on any atom is -0.394 e. The van der Waals surface area contributed by atoms with Crippen LogP contribution in [0.3, 0.4) is 0 Å². The Hall–Kier alpha value is -1.39. The number of rotatable bonds is 2. The number of hydrogen-bond acceptors (Lipinski definition) is 3. The van der Waals surface area contributed by atoms with Crippen molar-refractivity contribution in [1.82, 2.24) is 4.90 Å². The monoisotopic (exact) mass is 261 g/mol. The molecule has 0 spiro atoms. The molecule has 2 heterocycles. The highest BCUT2D eigenvalue weighted by molar-refractivity contribution is 5.78. The Bertz CT molecular complexity index is 476. The maximum Gasteiger partial charge on any atom is 0.225 e. The Morgan fingerprint density at radius 3 is 2.84 bits per heavy atom. The highest BCUT2D eigenvalue weighted by atomic mass is 16.5. The molecule has 3 rings (SSSR count). The first-order chi connectivity index (χ1) is 9.15. The molecule has 1 aromatic rings. The van der Waals surface area contributed by atoms with E-state index in [1.807, 2.05) is 37.3 Å². The van der Waals surface area contributed by atoms with Gasteiger partial charge in [-0.2, -0.15) is 0 Å². The molecule has 0 radical (unpaired) electrons. The van der Waals surface area contributed by atoms with Crippen molar-refractivity contribution in [3.63, 3.8) is 0 Å². The number of aliphatic hydroxyl groups excluding tert-OH is 1. The van der Waals surface area contributed by atoms with Crippen LogP contribution in [0.4, 0.5) is 0 Å². The zero-order valence-corrected chi connectivity index (χ0v) is 11.1. The van der Waals surface area contributed by atoms with Gasteiger partial charge in [0.2, 0.25) is 5.91 Å². The highest BCUT2D eigenvalue weighted by Gasteiger charge is 2.53. The fraction of sp³-hybridized carbons (Fsp3) is 0.533. The molecule has 0 aliphatic carbocycles. The van der Waals surface area contributed by atoms with E-state index in [4.69, 9.17) is 4.74 Å². The molecule has 4 heteroatoms. The van der Waals surface area contributed by atoms with Gasteiger partial charge in [-0.15, -0.1) is 0 Å². The summed E-state index contributed by atoms with van der Waals surface area (Å²) < 4.78 is 6.16. The third-order valence-corrected chi connectivity index (χ3v) is 4.19. The van der Waals surface area contributed by atoms with Gasteiger partial charge in [-0.3, -0.25) is 4.79 Å². The van der Waals surface area contributed by atoms with Gasteiger partial charge < -0.3 is 14.7 Å². The van der Waals surface area contributed by atoms with Gasteiger partial charge in [0.25, 0.3) is 0 Å². The normalized spacial score (nSPS) is 34.4. The fourth-order valence-electron chi connectivity index (χ4n) is 3.32. The van der Waals surface area contributed by atoms with Crippen molar-refractivity contribution in [2.75, 3.05) is 6.61 Å². The second-order valence-corrected chi connectivity index (χ2v) is 5.49. The van der Waals surface area contributed by atoms with Gasteiger partial charge in [0, 0.05) is 6.42 Å². The van der Waals surface area contributed by atoms with Gasteiger partial charge in [-0.25, -0.2) is 0 Å². The van der Waals surface area contributed by atoms with Crippen LogP contribution >= 0.6 is 0 Å². The summed E-state index contributed by atoms with van der Waals surface area (Å²) in [7, 11) is 0. The van der Waals surface area contributed by atoms with Gasteiger partial charge in [0.15, 0.2) is 0 Å². The summed E-state index contributed by atoms with van der Waals surface area (Å²) in [6, 6.07) is 9.55. The first-order valence-corrected chi connectivity index (χ1v) is 6.81. The third kappa shape index (κ3) is 1.95. The number of benzene rings is 1. The Balaban J connectivity index is 1.97. The van der Waals surface area contributed by atoms with Crippen molar-refractivity contribution in [1.29, 1.82) is 0 Å². The smallest absolute Gasteiger partial charge is 0.225 e. The summed E-state index contributed by atoms with van der Waals surface area (Å²) in [5.74, 6) is 0.0891. The topological polar surface area (TPSA) is 49.8 Å². The molecule has 1 aromatic carbocycles. The minimum absolute atomic E-state index is 0.0686. The van der Waals surface area contributed by atoms with E-state index in [-0.39, 0.29) is 24.7 Å². The standard InChI is InChI=1S/C15H19NO3/c1-15-9-5-8-13(18)16(15)12(10-17)14(19-15)11-6-3-2-4-7-11/h2-4,6-7,12,14,17H,5,8-10H2,1H3/t12?,14?,15-/m1/s1. The van der Waals surface area contributed by atoms with E-state index in [9.17, 15) is 9.90 Å². The van der Waals surface area contributed by atoms with E-state index in [1.54, 1.807) is 4.90 Å². The lowest BCUT2D eigenvalue weighted by Crippen LogP contribution is -2.53. The Morgan fingerprint density at radius 2 is 2.16 bits per heavy atom. The van der Waals surface area contributed by atoms with Gasteiger partial charge >= 0.3 is 0 Å². The average molecular weight is 261 g/mol. The number of hydrogen-bond donors (Lipinski definition) is 1. The summed E-state index contributed by atoms with van der Waals surface area (Å²) in [6.45, 7) is 1.89. The summed E-state index contributed by atoms with van der Waals surface area (Å²) in [4.78, 5) is 13.9. The molecule has 2 saturated heterocycles. The molecular weight excluding hydrogens is 242 g/mol. The second kappa shape index (κ2) is 4.62. The molecule has 0 bridgehead atoms. The molecule has 2 aliphatic heterocycles. The quantitative estimate of drug-likeness (QED) is 0.884. The molecule has 0 saturated carbocycles. The molecule has 4 nitrogen and oxygen atoms in total. The number of piperidine rings is 1. The maximum absolute atomic E-state index is 12.2. The first kappa shape index (κ1) is 12.6. The third-order valence-electron chi connectivity index (χ3n) is 4.19. The summed E-state index contributed by atoms with van der Waals surface area (Å²) in [6.07, 6.45) is 2.00. The zero-order chi connectivity index (χ0) is 13.5. The van der Waals surface area contributed by atoms with Gasteiger partial charge in [-0.1, -0.05) is 30.3 Å². The summed E-state index contributed by atoms with van der Waals surface area (Å²) >= 11 is 0. The van der Waals surface area contributed by atoms with E-state index in [1.165, 1.54) is 0 Å². The molecule has 2 fully saturated rings. The molecular formula is C15H19NO3. The number of carbonyl (C=O) groups is 1.